The predicted octanol–water partition coefficient (Wildman–Crippen LogP) is -1.81. The van der Waals surface area contributed by atoms with Crippen LogP contribution in [0.4, 0.5) is 0 Å². The first kappa shape index (κ1) is 15.6. The Morgan fingerprint density at radius 1 is 1.44 bits per heavy atom. The lowest BCUT2D eigenvalue weighted by Gasteiger charge is -2.42. The van der Waals surface area contributed by atoms with Gasteiger partial charge in [-0.05, 0) is 0 Å². The molecule has 1 aliphatic heterocycles. The molecule has 7 nitrogen and oxygen atoms in total. The van der Waals surface area contributed by atoms with E-state index in [2.05, 4.69) is 5.32 Å². The highest BCUT2D eigenvalue weighted by molar-refractivity contribution is 6.17. The van der Waals surface area contributed by atoms with Gasteiger partial charge in [-0.2, -0.15) is 0 Å². The number of alkyl halides is 1. The van der Waals surface area contributed by atoms with Crippen LogP contribution in [-0.2, 0) is 14.3 Å². The van der Waals surface area contributed by atoms with Crippen LogP contribution >= 0.6 is 11.6 Å². The molecule has 0 aromatic heterocycles. The number of halogens is 1. The molecule has 0 aliphatic carbocycles. The topological polar surface area (TPSA) is 108 Å². The average Bonchev–Trinajstić information content (AvgIpc) is 2.33. The van der Waals surface area contributed by atoms with E-state index in [4.69, 9.17) is 26.2 Å². The quantitative estimate of drug-likeness (QED) is 0.443. The number of hydrogen-bond acceptors (Lipinski definition) is 6. The van der Waals surface area contributed by atoms with Crippen molar-refractivity contribution in [2.24, 2.45) is 0 Å². The number of nitrogens with one attached hydrogen (secondary N) is 1. The highest BCUT2D eigenvalue weighted by Gasteiger charge is 2.45. The summed E-state index contributed by atoms with van der Waals surface area (Å²) < 4.78 is 10.5. The van der Waals surface area contributed by atoms with E-state index in [1.165, 1.54) is 6.92 Å². The van der Waals surface area contributed by atoms with Crippen LogP contribution < -0.4 is 5.32 Å². The van der Waals surface area contributed by atoms with Gasteiger partial charge in [0.05, 0.1) is 13.2 Å². The molecule has 1 heterocycles. The van der Waals surface area contributed by atoms with Crippen LogP contribution in [0, 0.1) is 0 Å². The van der Waals surface area contributed by atoms with Crippen LogP contribution in [0.1, 0.15) is 6.92 Å². The molecule has 0 saturated carbocycles. The van der Waals surface area contributed by atoms with Gasteiger partial charge in [0.2, 0.25) is 5.91 Å². The van der Waals surface area contributed by atoms with Crippen molar-refractivity contribution >= 4 is 17.5 Å². The Morgan fingerprint density at radius 3 is 2.61 bits per heavy atom. The summed E-state index contributed by atoms with van der Waals surface area (Å²) in [4.78, 5) is 11.0. The molecule has 0 radical (unpaired) electrons. The van der Waals surface area contributed by atoms with Crippen LogP contribution in [0.3, 0.4) is 0 Å². The van der Waals surface area contributed by atoms with Gasteiger partial charge in [-0.25, -0.2) is 0 Å². The Balaban J connectivity index is 2.76. The summed E-state index contributed by atoms with van der Waals surface area (Å²) in [5.41, 5.74) is 0. The van der Waals surface area contributed by atoms with Crippen molar-refractivity contribution < 1.29 is 29.6 Å². The van der Waals surface area contributed by atoms with E-state index in [1.807, 2.05) is 0 Å². The van der Waals surface area contributed by atoms with Gasteiger partial charge in [-0.1, -0.05) is 0 Å². The zero-order valence-electron chi connectivity index (χ0n) is 9.95. The molecule has 5 atom stereocenters. The van der Waals surface area contributed by atoms with Crippen molar-refractivity contribution in [3.8, 4) is 0 Å². The Labute approximate surface area is 110 Å². The molecule has 106 valence electrons. The summed E-state index contributed by atoms with van der Waals surface area (Å²) in [6.07, 6.45) is -4.53. The standard InChI is InChI=1S/C10H18ClNO6/c1-5(14)12-7-9(16)8(15)6(4-13)18-10(7)17-3-2-11/h6-10,13,15-16H,2-4H2,1H3,(H,12,14)/t6-,7-,8+,9+,10+/m1/s1. The maximum atomic E-state index is 11.0. The van der Waals surface area contributed by atoms with Crippen LogP contribution in [0.5, 0.6) is 0 Å². The number of rotatable bonds is 5. The summed E-state index contributed by atoms with van der Waals surface area (Å²) in [6.45, 7) is 0.963. The first-order valence-electron chi connectivity index (χ1n) is 5.58. The smallest absolute Gasteiger partial charge is 0.217 e. The van der Waals surface area contributed by atoms with Crippen molar-refractivity contribution in [3.05, 3.63) is 0 Å². The Morgan fingerprint density at radius 2 is 2.11 bits per heavy atom. The van der Waals surface area contributed by atoms with Crippen molar-refractivity contribution in [2.75, 3.05) is 19.1 Å². The molecule has 0 spiro atoms. The average molecular weight is 284 g/mol. The number of hydrogen-bond donors (Lipinski definition) is 4. The van der Waals surface area contributed by atoms with E-state index in [9.17, 15) is 15.0 Å². The lowest BCUT2D eigenvalue weighted by Crippen LogP contribution is -2.64. The molecular weight excluding hydrogens is 266 g/mol. The molecule has 18 heavy (non-hydrogen) atoms. The third-order valence-electron chi connectivity index (χ3n) is 2.61. The summed E-state index contributed by atoms with van der Waals surface area (Å²) in [5, 5.41) is 31.1. The second-order valence-electron chi connectivity index (χ2n) is 3.99. The molecule has 0 unspecified atom stereocenters. The van der Waals surface area contributed by atoms with Gasteiger partial charge in [0, 0.05) is 12.8 Å². The molecule has 0 bridgehead atoms. The number of carbonyl (C=O) groups is 1. The van der Waals surface area contributed by atoms with Crippen LogP contribution in [0.15, 0.2) is 0 Å². The lowest BCUT2D eigenvalue weighted by atomic mass is 9.97. The fraction of sp³-hybridized carbons (Fsp3) is 0.900. The molecule has 1 rings (SSSR count). The predicted molar refractivity (Wildman–Crippen MR) is 62.0 cm³/mol. The molecule has 1 fully saturated rings. The minimum Gasteiger partial charge on any atom is -0.394 e. The van der Waals surface area contributed by atoms with Crippen LogP contribution in [0.25, 0.3) is 0 Å². The monoisotopic (exact) mass is 283 g/mol. The van der Waals surface area contributed by atoms with Crippen LogP contribution in [0.2, 0.25) is 0 Å². The van der Waals surface area contributed by atoms with Gasteiger partial charge in [0.25, 0.3) is 0 Å². The van der Waals surface area contributed by atoms with E-state index >= 15 is 0 Å². The van der Waals surface area contributed by atoms with Gasteiger partial charge in [0.15, 0.2) is 6.29 Å². The molecule has 0 aromatic rings. The molecule has 1 saturated heterocycles. The number of ether oxygens (including phenoxy) is 2. The van der Waals surface area contributed by atoms with Gasteiger partial charge in [0.1, 0.15) is 24.4 Å². The van der Waals surface area contributed by atoms with E-state index in [-0.39, 0.29) is 12.5 Å². The minimum atomic E-state index is -1.30. The Kier molecular flexibility index (Phi) is 6.27. The maximum absolute atomic E-state index is 11.0. The van der Waals surface area contributed by atoms with E-state index in [0.29, 0.717) is 0 Å². The molecular formula is C10H18ClNO6. The number of aliphatic hydroxyl groups is 3. The van der Waals surface area contributed by atoms with Crippen molar-refractivity contribution in [3.63, 3.8) is 0 Å². The van der Waals surface area contributed by atoms with Gasteiger partial charge >= 0.3 is 0 Å². The largest absolute Gasteiger partial charge is 0.394 e. The molecule has 1 aliphatic rings. The fourth-order valence-electron chi connectivity index (χ4n) is 1.77. The van der Waals surface area contributed by atoms with E-state index in [0.717, 1.165) is 0 Å². The number of carbonyl (C=O) groups excluding carboxylic acids is 1. The molecule has 8 heteroatoms. The third kappa shape index (κ3) is 3.78. The van der Waals surface area contributed by atoms with Crippen molar-refractivity contribution in [2.45, 2.75) is 37.6 Å². The van der Waals surface area contributed by atoms with Crippen molar-refractivity contribution in [1.82, 2.24) is 5.32 Å². The Bertz CT molecular complexity index is 279. The van der Waals surface area contributed by atoms with Gasteiger partial charge in [-0.15, -0.1) is 11.6 Å². The minimum absolute atomic E-state index is 0.156. The van der Waals surface area contributed by atoms with Gasteiger partial charge in [-0.3, -0.25) is 4.79 Å². The molecule has 1 amide bonds. The van der Waals surface area contributed by atoms with Gasteiger partial charge < -0.3 is 30.1 Å². The van der Waals surface area contributed by atoms with E-state index < -0.39 is 43.2 Å². The Hall–Kier alpha value is -0.440. The second-order valence-corrected chi connectivity index (χ2v) is 4.37. The fourth-order valence-corrected chi connectivity index (χ4v) is 1.86. The normalized spacial score (nSPS) is 36.4. The number of aliphatic hydroxyl groups excluding tert-OH is 3. The zero-order valence-corrected chi connectivity index (χ0v) is 10.7. The highest BCUT2D eigenvalue weighted by Crippen LogP contribution is 2.22. The number of amides is 1. The first-order valence-corrected chi connectivity index (χ1v) is 6.11. The summed E-state index contributed by atoms with van der Waals surface area (Å²) in [5.74, 6) is -0.175. The SMILES string of the molecule is CC(=O)N[C@H]1[C@@H](OCCCl)O[C@H](CO)[C@H](O)[C@H]1O. The third-order valence-corrected chi connectivity index (χ3v) is 2.76. The zero-order chi connectivity index (χ0) is 13.7. The lowest BCUT2D eigenvalue weighted by molar-refractivity contribution is -0.268. The maximum Gasteiger partial charge on any atom is 0.217 e. The first-order chi connectivity index (χ1) is 8.51. The van der Waals surface area contributed by atoms with Crippen molar-refractivity contribution in [1.29, 1.82) is 0 Å². The second kappa shape index (κ2) is 7.22. The summed E-state index contributed by atoms with van der Waals surface area (Å²) in [7, 11) is 0. The van der Waals surface area contributed by atoms with Crippen LogP contribution in [-0.4, -0.2) is 71.0 Å². The highest BCUT2D eigenvalue weighted by atomic mass is 35.5. The molecule has 4 N–H and O–H groups in total. The summed E-state index contributed by atoms with van der Waals surface area (Å²) >= 11 is 5.48. The van der Waals surface area contributed by atoms with E-state index in [1.54, 1.807) is 0 Å². The summed E-state index contributed by atoms with van der Waals surface area (Å²) in [6, 6.07) is -0.913. The molecule has 0 aromatic carbocycles.